The number of hydrogen-bond donors (Lipinski definition) is 1. The summed E-state index contributed by atoms with van der Waals surface area (Å²) in [5.74, 6) is -0.167. The van der Waals surface area contributed by atoms with Crippen molar-refractivity contribution in [3.8, 4) is 0 Å². The topological polar surface area (TPSA) is 42.0 Å². The van der Waals surface area contributed by atoms with Gasteiger partial charge in [0.1, 0.15) is 0 Å². The lowest BCUT2D eigenvalue weighted by Gasteiger charge is -2.13. The van der Waals surface area contributed by atoms with Gasteiger partial charge in [-0.15, -0.1) is 11.6 Å². The zero-order valence-electron chi connectivity index (χ0n) is 11.8. The van der Waals surface area contributed by atoms with Crippen molar-refractivity contribution in [2.75, 3.05) is 5.32 Å². The van der Waals surface area contributed by atoms with E-state index in [-0.39, 0.29) is 11.3 Å². The number of alkyl halides is 1. The van der Waals surface area contributed by atoms with Crippen molar-refractivity contribution in [3.05, 3.63) is 58.9 Å². The average Bonchev–Trinajstić information content (AvgIpc) is 2.38. The average molecular weight is 289 g/mol. The molecule has 3 nitrogen and oxygen atoms in total. The molecule has 0 saturated carbocycles. The molecule has 1 aromatic heterocycles. The van der Waals surface area contributed by atoms with Crippen molar-refractivity contribution in [1.29, 1.82) is 0 Å². The first-order valence-corrected chi connectivity index (χ1v) is 6.91. The van der Waals surface area contributed by atoms with Gasteiger partial charge < -0.3 is 5.32 Å². The predicted molar refractivity (Wildman–Crippen MR) is 82.4 cm³/mol. The highest BCUT2D eigenvalue weighted by molar-refractivity contribution is 6.21. The Morgan fingerprint density at radius 3 is 2.55 bits per heavy atom. The third-order valence-electron chi connectivity index (χ3n) is 3.11. The lowest BCUT2D eigenvalue weighted by molar-refractivity contribution is 0.102. The van der Waals surface area contributed by atoms with Crippen LogP contribution in [0.15, 0.2) is 36.4 Å². The summed E-state index contributed by atoms with van der Waals surface area (Å²) in [5.41, 5.74) is 3.83. The number of carbonyl (C=O) groups is 1. The van der Waals surface area contributed by atoms with Gasteiger partial charge in [0, 0.05) is 11.4 Å². The summed E-state index contributed by atoms with van der Waals surface area (Å²) in [4.78, 5) is 16.6. The Kier molecular flexibility index (Phi) is 4.40. The van der Waals surface area contributed by atoms with Crippen LogP contribution < -0.4 is 5.32 Å². The number of aryl methyl sites for hydroxylation is 2. The summed E-state index contributed by atoms with van der Waals surface area (Å²) < 4.78 is 0. The van der Waals surface area contributed by atoms with Gasteiger partial charge in [-0.25, -0.2) is 0 Å². The summed E-state index contributed by atoms with van der Waals surface area (Å²) in [6.45, 7) is 5.61. The van der Waals surface area contributed by atoms with Gasteiger partial charge in [0.15, 0.2) is 0 Å². The molecule has 0 bridgehead atoms. The first-order valence-electron chi connectivity index (χ1n) is 6.47. The maximum Gasteiger partial charge on any atom is 0.257 e. The zero-order chi connectivity index (χ0) is 14.7. The predicted octanol–water partition coefficient (Wildman–Crippen LogP) is 4.25. The lowest BCUT2D eigenvalue weighted by atomic mass is 10.1. The molecule has 1 amide bonds. The minimum Gasteiger partial charge on any atom is -0.322 e. The monoisotopic (exact) mass is 288 g/mol. The molecule has 104 valence electrons. The van der Waals surface area contributed by atoms with Gasteiger partial charge in [-0.1, -0.05) is 18.2 Å². The normalized spacial score (nSPS) is 12.0. The molecule has 1 heterocycles. The zero-order valence-corrected chi connectivity index (χ0v) is 12.5. The molecule has 1 aromatic carbocycles. The van der Waals surface area contributed by atoms with Crippen LogP contribution in [0.1, 0.15) is 39.6 Å². The standard InChI is InChI=1S/C16H17ClN2O/c1-10-8-9-14(12(3)18-10)16(20)19-15-7-5-4-6-13(15)11(2)17/h4-9,11H,1-3H3,(H,19,20). The number of rotatable bonds is 3. The molecule has 1 atom stereocenters. The molecular weight excluding hydrogens is 272 g/mol. The second kappa shape index (κ2) is 6.06. The summed E-state index contributed by atoms with van der Waals surface area (Å²) >= 11 is 6.13. The van der Waals surface area contributed by atoms with Crippen molar-refractivity contribution >= 4 is 23.2 Å². The van der Waals surface area contributed by atoms with E-state index in [9.17, 15) is 4.79 Å². The van der Waals surface area contributed by atoms with E-state index in [1.165, 1.54) is 0 Å². The lowest BCUT2D eigenvalue weighted by Crippen LogP contribution is -2.15. The van der Waals surface area contributed by atoms with E-state index < -0.39 is 0 Å². The van der Waals surface area contributed by atoms with Crippen molar-refractivity contribution in [2.45, 2.75) is 26.1 Å². The summed E-state index contributed by atoms with van der Waals surface area (Å²) in [7, 11) is 0. The van der Waals surface area contributed by atoms with E-state index in [4.69, 9.17) is 11.6 Å². The van der Waals surface area contributed by atoms with Crippen LogP contribution in [-0.4, -0.2) is 10.9 Å². The molecule has 4 heteroatoms. The van der Waals surface area contributed by atoms with Gasteiger partial charge in [0.2, 0.25) is 0 Å². The van der Waals surface area contributed by atoms with Crippen molar-refractivity contribution in [1.82, 2.24) is 4.98 Å². The van der Waals surface area contributed by atoms with Gasteiger partial charge in [-0.3, -0.25) is 9.78 Å². The van der Waals surface area contributed by atoms with Crippen LogP contribution in [0, 0.1) is 13.8 Å². The summed E-state index contributed by atoms with van der Waals surface area (Å²) in [5, 5.41) is 2.74. The molecule has 2 rings (SSSR count). The van der Waals surface area contributed by atoms with Gasteiger partial charge in [0.05, 0.1) is 16.6 Å². The van der Waals surface area contributed by atoms with E-state index in [0.29, 0.717) is 5.56 Å². The molecule has 0 saturated heterocycles. The number of aromatic nitrogens is 1. The fourth-order valence-corrected chi connectivity index (χ4v) is 2.26. The molecular formula is C16H17ClN2O. The molecule has 0 radical (unpaired) electrons. The van der Waals surface area contributed by atoms with Crippen molar-refractivity contribution < 1.29 is 4.79 Å². The number of halogens is 1. The molecule has 20 heavy (non-hydrogen) atoms. The number of amides is 1. The Labute approximate surface area is 124 Å². The van der Waals surface area contributed by atoms with Crippen LogP contribution in [0.3, 0.4) is 0 Å². The number of benzene rings is 1. The number of carbonyl (C=O) groups excluding carboxylic acids is 1. The second-order valence-corrected chi connectivity index (χ2v) is 5.40. The highest BCUT2D eigenvalue weighted by Gasteiger charge is 2.13. The number of nitrogens with one attached hydrogen (secondary N) is 1. The fraction of sp³-hybridized carbons (Fsp3) is 0.250. The number of nitrogens with zero attached hydrogens (tertiary/aromatic N) is 1. The minimum atomic E-state index is -0.167. The van der Waals surface area contributed by atoms with Gasteiger partial charge >= 0.3 is 0 Å². The Bertz CT molecular complexity index is 638. The van der Waals surface area contributed by atoms with Gasteiger partial charge in [-0.05, 0) is 44.5 Å². The van der Waals surface area contributed by atoms with Crippen LogP contribution in [-0.2, 0) is 0 Å². The molecule has 0 fully saturated rings. The van der Waals surface area contributed by atoms with Crippen molar-refractivity contribution in [2.24, 2.45) is 0 Å². The summed E-state index contributed by atoms with van der Waals surface area (Å²) in [6, 6.07) is 11.2. The van der Waals surface area contributed by atoms with E-state index >= 15 is 0 Å². The largest absolute Gasteiger partial charge is 0.322 e. The first kappa shape index (κ1) is 14.5. The smallest absolute Gasteiger partial charge is 0.257 e. The SMILES string of the molecule is Cc1ccc(C(=O)Nc2ccccc2C(C)Cl)c(C)n1. The van der Waals surface area contributed by atoms with Crippen LogP contribution in [0.2, 0.25) is 0 Å². The number of para-hydroxylation sites is 1. The van der Waals surface area contributed by atoms with E-state index in [1.807, 2.05) is 51.1 Å². The Balaban J connectivity index is 2.28. The highest BCUT2D eigenvalue weighted by Crippen LogP contribution is 2.27. The number of anilines is 1. The molecule has 1 N–H and O–H groups in total. The molecule has 0 aliphatic carbocycles. The molecule has 0 aliphatic rings. The number of hydrogen-bond acceptors (Lipinski definition) is 2. The third kappa shape index (κ3) is 3.17. The van der Waals surface area contributed by atoms with E-state index in [2.05, 4.69) is 10.3 Å². The molecule has 2 aromatic rings. The maximum absolute atomic E-state index is 12.3. The quantitative estimate of drug-likeness (QED) is 0.858. The number of pyridine rings is 1. The molecule has 1 unspecified atom stereocenters. The highest BCUT2D eigenvalue weighted by atomic mass is 35.5. The molecule has 0 spiro atoms. The molecule has 0 aliphatic heterocycles. The Hall–Kier alpha value is -1.87. The Morgan fingerprint density at radius 1 is 1.20 bits per heavy atom. The van der Waals surface area contributed by atoms with Crippen LogP contribution in [0.4, 0.5) is 5.69 Å². The van der Waals surface area contributed by atoms with E-state index in [0.717, 1.165) is 22.6 Å². The van der Waals surface area contributed by atoms with Crippen LogP contribution in [0.25, 0.3) is 0 Å². The summed E-state index contributed by atoms with van der Waals surface area (Å²) in [6.07, 6.45) is 0. The van der Waals surface area contributed by atoms with Crippen LogP contribution in [0.5, 0.6) is 0 Å². The third-order valence-corrected chi connectivity index (χ3v) is 3.34. The fourth-order valence-electron chi connectivity index (χ4n) is 2.07. The van der Waals surface area contributed by atoms with Crippen molar-refractivity contribution in [3.63, 3.8) is 0 Å². The van der Waals surface area contributed by atoms with E-state index in [1.54, 1.807) is 6.07 Å². The van der Waals surface area contributed by atoms with Gasteiger partial charge in [-0.2, -0.15) is 0 Å². The maximum atomic E-state index is 12.3. The first-order chi connectivity index (χ1) is 9.49. The minimum absolute atomic E-state index is 0.163. The Morgan fingerprint density at radius 2 is 1.90 bits per heavy atom. The second-order valence-electron chi connectivity index (χ2n) is 4.74. The van der Waals surface area contributed by atoms with Crippen LogP contribution >= 0.6 is 11.6 Å². The van der Waals surface area contributed by atoms with Gasteiger partial charge in [0.25, 0.3) is 5.91 Å².